The van der Waals surface area contributed by atoms with Crippen LogP contribution >= 0.6 is 0 Å². The zero-order chi connectivity index (χ0) is 17.8. The Balaban J connectivity index is 1.54. The lowest BCUT2D eigenvalue weighted by atomic mass is 10.0. The zero-order valence-electron chi connectivity index (χ0n) is 15.5. The minimum Gasteiger partial charge on any atom is -0.396 e. The van der Waals surface area contributed by atoms with Crippen LogP contribution in [0.15, 0.2) is 18.2 Å². The van der Waals surface area contributed by atoms with Gasteiger partial charge in [0, 0.05) is 45.4 Å². The number of hydrogen-bond acceptors (Lipinski definition) is 3. The van der Waals surface area contributed by atoms with Crippen LogP contribution in [0.1, 0.15) is 36.0 Å². The number of rotatable bonds is 6. The van der Waals surface area contributed by atoms with Crippen LogP contribution in [0.2, 0.25) is 0 Å². The third-order valence-corrected chi connectivity index (χ3v) is 5.69. The number of urea groups is 1. The van der Waals surface area contributed by atoms with E-state index < -0.39 is 0 Å². The van der Waals surface area contributed by atoms with Crippen LogP contribution in [0.5, 0.6) is 0 Å². The summed E-state index contributed by atoms with van der Waals surface area (Å²) < 4.78 is 0. The Labute approximate surface area is 151 Å². The van der Waals surface area contributed by atoms with Gasteiger partial charge in [0.15, 0.2) is 0 Å². The number of nitrogens with one attached hydrogen (secondary N) is 1. The maximum Gasteiger partial charge on any atom is 0.317 e. The molecule has 0 bridgehead atoms. The quantitative estimate of drug-likeness (QED) is 0.832. The van der Waals surface area contributed by atoms with Crippen molar-refractivity contribution in [2.45, 2.75) is 45.7 Å². The summed E-state index contributed by atoms with van der Waals surface area (Å²) in [5.74, 6) is 0.839. The van der Waals surface area contributed by atoms with E-state index in [9.17, 15) is 9.90 Å². The van der Waals surface area contributed by atoms with E-state index in [1.807, 2.05) is 11.0 Å². The van der Waals surface area contributed by atoms with E-state index in [4.69, 9.17) is 0 Å². The normalized spacial score (nSPS) is 21.4. The molecule has 2 amide bonds. The highest BCUT2D eigenvalue weighted by Crippen LogP contribution is 2.31. The molecule has 5 heteroatoms. The van der Waals surface area contributed by atoms with Crippen molar-refractivity contribution >= 4 is 6.03 Å². The summed E-state index contributed by atoms with van der Waals surface area (Å²) in [4.78, 5) is 17.0. The van der Waals surface area contributed by atoms with E-state index in [2.05, 4.69) is 36.2 Å². The van der Waals surface area contributed by atoms with Gasteiger partial charge in [0.25, 0.3) is 0 Å². The second-order valence-corrected chi connectivity index (χ2v) is 7.57. The summed E-state index contributed by atoms with van der Waals surface area (Å²) in [5.41, 5.74) is 3.67. The molecule has 3 rings (SSSR count). The number of piperazine rings is 1. The highest BCUT2D eigenvalue weighted by Gasteiger charge is 2.33. The number of carbonyl (C=O) groups excluding carboxylic acids is 1. The van der Waals surface area contributed by atoms with Crippen molar-refractivity contribution in [2.24, 2.45) is 5.92 Å². The second-order valence-electron chi connectivity index (χ2n) is 7.57. The third-order valence-electron chi connectivity index (χ3n) is 5.69. The molecule has 1 saturated carbocycles. The number of aliphatic hydroxyl groups is 1. The summed E-state index contributed by atoms with van der Waals surface area (Å²) in [6.45, 7) is 8.48. The molecule has 0 spiro atoms. The summed E-state index contributed by atoms with van der Waals surface area (Å²) in [7, 11) is 0. The number of aryl methyl sites for hydroxylation is 1. The van der Waals surface area contributed by atoms with Crippen molar-refractivity contribution in [1.29, 1.82) is 0 Å². The van der Waals surface area contributed by atoms with Gasteiger partial charge in [0.1, 0.15) is 0 Å². The highest BCUT2D eigenvalue weighted by molar-refractivity contribution is 5.74. The van der Waals surface area contributed by atoms with E-state index >= 15 is 0 Å². The average molecular weight is 345 g/mol. The van der Waals surface area contributed by atoms with E-state index in [1.165, 1.54) is 29.5 Å². The molecule has 25 heavy (non-hydrogen) atoms. The minimum absolute atomic E-state index is 0.00918. The summed E-state index contributed by atoms with van der Waals surface area (Å²) in [6, 6.07) is 6.50. The molecular formula is C20H31N3O2. The summed E-state index contributed by atoms with van der Waals surface area (Å²) in [6.07, 6.45) is 3.41. The number of nitrogens with zero attached hydrogens (tertiary/aromatic N) is 2. The molecule has 1 atom stereocenters. The lowest BCUT2D eigenvalue weighted by Gasteiger charge is -2.41. The molecule has 5 nitrogen and oxygen atoms in total. The number of hydrogen-bond donors (Lipinski definition) is 2. The summed E-state index contributed by atoms with van der Waals surface area (Å²) >= 11 is 0. The maximum absolute atomic E-state index is 12.6. The smallest absolute Gasteiger partial charge is 0.317 e. The van der Waals surface area contributed by atoms with Gasteiger partial charge >= 0.3 is 6.03 Å². The standard InChI is InChI=1S/C20H31N3O2/c1-15-4-3-5-18(16(15)2)12-21-20(25)23-10-9-22(13-17-6-7-17)19(14-23)8-11-24/h3-5,17,19,24H,6-14H2,1-2H3,(H,21,25)/t19-/m0/s1. The van der Waals surface area contributed by atoms with Crippen molar-refractivity contribution in [3.8, 4) is 0 Å². The topological polar surface area (TPSA) is 55.8 Å². The third kappa shape index (κ3) is 4.73. The van der Waals surface area contributed by atoms with Gasteiger partial charge in [-0.3, -0.25) is 4.90 Å². The Bertz CT molecular complexity index is 601. The van der Waals surface area contributed by atoms with Crippen molar-refractivity contribution < 1.29 is 9.90 Å². The first kappa shape index (κ1) is 18.2. The first-order chi connectivity index (χ1) is 12.1. The molecule has 138 valence electrons. The fourth-order valence-corrected chi connectivity index (χ4v) is 3.66. The Morgan fingerprint density at radius 1 is 1.28 bits per heavy atom. The van der Waals surface area contributed by atoms with Crippen molar-refractivity contribution in [1.82, 2.24) is 15.1 Å². The predicted octanol–water partition coefficient (Wildman–Crippen LogP) is 2.29. The molecule has 1 aromatic carbocycles. The highest BCUT2D eigenvalue weighted by atomic mass is 16.3. The van der Waals surface area contributed by atoms with Crippen LogP contribution in [0.3, 0.4) is 0 Å². The maximum atomic E-state index is 12.6. The largest absolute Gasteiger partial charge is 0.396 e. The average Bonchev–Trinajstić information content (AvgIpc) is 3.42. The molecule has 1 aliphatic carbocycles. The Kier molecular flexibility index (Phi) is 5.97. The fourth-order valence-electron chi connectivity index (χ4n) is 3.66. The van der Waals surface area contributed by atoms with Crippen LogP contribution in [0.25, 0.3) is 0 Å². The molecule has 0 radical (unpaired) electrons. The Morgan fingerprint density at radius 3 is 2.80 bits per heavy atom. The van der Waals surface area contributed by atoms with Crippen molar-refractivity contribution in [3.63, 3.8) is 0 Å². The predicted molar refractivity (Wildman–Crippen MR) is 99.5 cm³/mol. The van der Waals surface area contributed by atoms with E-state index in [0.717, 1.165) is 32.0 Å². The van der Waals surface area contributed by atoms with Crippen molar-refractivity contribution in [3.05, 3.63) is 34.9 Å². The molecular weight excluding hydrogens is 314 g/mol. The zero-order valence-corrected chi connectivity index (χ0v) is 15.5. The van der Waals surface area contributed by atoms with Gasteiger partial charge in [0.05, 0.1) is 0 Å². The second kappa shape index (κ2) is 8.19. The fraction of sp³-hybridized carbons (Fsp3) is 0.650. The molecule has 2 fully saturated rings. The molecule has 2 aliphatic rings. The van der Waals surface area contributed by atoms with Crippen LogP contribution in [0, 0.1) is 19.8 Å². The number of carbonyl (C=O) groups is 1. The molecule has 1 aromatic rings. The molecule has 1 heterocycles. The van der Waals surface area contributed by atoms with Gasteiger partial charge in [-0.2, -0.15) is 0 Å². The Morgan fingerprint density at radius 2 is 2.08 bits per heavy atom. The van der Waals surface area contributed by atoms with E-state index in [1.54, 1.807) is 0 Å². The van der Waals surface area contributed by atoms with Crippen LogP contribution in [-0.4, -0.2) is 59.8 Å². The Hall–Kier alpha value is -1.59. The van der Waals surface area contributed by atoms with E-state index in [0.29, 0.717) is 13.1 Å². The molecule has 0 unspecified atom stereocenters. The van der Waals surface area contributed by atoms with Crippen LogP contribution in [-0.2, 0) is 6.54 Å². The molecule has 1 aliphatic heterocycles. The van der Waals surface area contributed by atoms with Gasteiger partial charge in [-0.15, -0.1) is 0 Å². The van der Waals surface area contributed by atoms with Crippen molar-refractivity contribution in [2.75, 3.05) is 32.8 Å². The van der Waals surface area contributed by atoms with Gasteiger partial charge in [0.2, 0.25) is 0 Å². The number of benzene rings is 1. The van der Waals surface area contributed by atoms with Gasteiger partial charge in [-0.05, 0) is 55.7 Å². The molecule has 2 N–H and O–H groups in total. The van der Waals surface area contributed by atoms with Gasteiger partial charge in [-0.25, -0.2) is 4.79 Å². The lowest BCUT2D eigenvalue weighted by molar-refractivity contribution is 0.0703. The first-order valence-corrected chi connectivity index (χ1v) is 9.51. The monoisotopic (exact) mass is 345 g/mol. The SMILES string of the molecule is Cc1cccc(CNC(=O)N2CCN(CC3CC3)[C@@H](CCO)C2)c1C. The minimum atomic E-state index is 0.00918. The van der Waals surface area contributed by atoms with Crippen LogP contribution < -0.4 is 5.32 Å². The number of aliphatic hydroxyl groups excluding tert-OH is 1. The number of amides is 2. The van der Waals surface area contributed by atoms with Crippen LogP contribution in [0.4, 0.5) is 4.79 Å². The van der Waals surface area contributed by atoms with Gasteiger partial charge < -0.3 is 15.3 Å². The lowest BCUT2D eigenvalue weighted by Crippen LogP contribution is -2.57. The molecule has 1 saturated heterocycles. The molecule has 0 aromatic heterocycles. The van der Waals surface area contributed by atoms with E-state index in [-0.39, 0.29) is 18.7 Å². The first-order valence-electron chi connectivity index (χ1n) is 9.51. The summed E-state index contributed by atoms with van der Waals surface area (Å²) in [5, 5.41) is 12.4. The van der Waals surface area contributed by atoms with Gasteiger partial charge in [-0.1, -0.05) is 18.2 Å².